The molecule has 21 heavy (non-hydrogen) atoms. The lowest BCUT2D eigenvalue weighted by molar-refractivity contribution is 0.303. The topological polar surface area (TPSA) is 35.2 Å². The Balaban J connectivity index is 2.01. The molecule has 2 rings (SSSR count). The minimum Gasteiger partial charge on any atom is -0.489 e. The molecule has 0 aliphatic carbocycles. The molecule has 2 aromatic rings. The molecule has 0 radical (unpaired) electrons. The van der Waals surface area contributed by atoms with E-state index in [0.29, 0.717) is 19.1 Å². The predicted octanol–water partition coefficient (Wildman–Crippen LogP) is 4.06. The van der Waals surface area contributed by atoms with Crippen LogP contribution in [0.5, 0.6) is 5.75 Å². The minimum atomic E-state index is 0.397. The first-order chi connectivity index (χ1) is 10.2. The van der Waals surface area contributed by atoms with E-state index in [9.17, 15) is 0 Å². The highest BCUT2D eigenvalue weighted by Crippen LogP contribution is 2.21. The molecule has 0 heterocycles. The molecular weight excluding hydrogens is 258 g/mol. The highest BCUT2D eigenvalue weighted by molar-refractivity contribution is 5.35. The van der Waals surface area contributed by atoms with Gasteiger partial charge >= 0.3 is 0 Å². The zero-order valence-corrected chi connectivity index (χ0v) is 12.6. The molecule has 0 saturated heterocycles. The number of benzene rings is 2. The van der Waals surface area contributed by atoms with Crippen molar-refractivity contribution in [2.24, 2.45) is 5.73 Å². The molecule has 0 spiro atoms. The first-order valence-corrected chi connectivity index (χ1v) is 7.35. The summed E-state index contributed by atoms with van der Waals surface area (Å²) in [4.78, 5) is 0. The zero-order valence-electron chi connectivity index (χ0n) is 12.6. The predicted molar refractivity (Wildman–Crippen MR) is 88.6 cm³/mol. The van der Waals surface area contributed by atoms with Crippen LogP contribution in [0.15, 0.2) is 61.2 Å². The number of ether oxygens (including phenoxy) is 1. The van der Waals surface area contributed by atoms with Crippen molar-refractivity contribution in [3.05, 3.63) is 77.9 Å². The summed E-state index contributed by atoms with van der Waals surface area (Å²) in [5, 5.41) is 0. The molecule has 2 N–H and O–H groups in total. The molecule has 0 bridgehead atoms. The van der Waals surface area contributed by atoms with Crippen LogP contribution >= 0.6 is 0 Å². The van der Waals surface area contributed by atoms with Crippen LogP contribution in [0.4, 0.5) is 0 Å². The SMILES string of the molecule is C=CCc1ccccc1OCc1ccc(C(C)CN)cc1. The smallest absolute Gasteiger partial charge is 0.123 e. The highest BCUT2D eigenvalue weighted by Gasteiger charge is 2.04. The minimum absolute atomic E-state index is 0.397. The second-order valence-corrected chi connectivity index (χ2v) is 5.27. The standard InChI is InChI=1S/C19H23NO/c1-3-6-18-7-4-5-8-19(18)21-14-16-9-11-17(12-10-16)15(2)13-20/h3-5,7-12,15H,1,6,13-14,20H2,2H3. The van der Waals surface area contributed by atoms with Gasteiger partial charge in [0, 0.05) is 0 Å². The molecule has 0 aromatic heterocycles. The summed E-state index contributed by atoms with van der Waals surface area (Å²) in [6.07, 6.45) is 2.72. The molecule has 0 aliphatic heterocycles. The van der Waals surface area contributed by atoms with E-state index < -0.39 is 0 Å². The Bertz CT molecular complexity index is 574. The third-order valence-electron chi connectivity index (χ3n) is 3.63. The van der Waals surface area contributed by atoms with Gasteiger partial charge in [-0.25, -0.2) is 0 Å². The van der Waals surface area contributed by atoms with Crippen molar-refractivity contribution < 1.29 is 4.74 Å². The Morgan fingerprint density at radius 2 is 1.86 bits per heavy atom. The molecule has 0 aliphatic rings. The Labute approximate surface area is 127 Å². The van der Waals surface area contributed by atoms with Crippen LogP contribution in [-0.2, 0) is 13.0 Å². The van der Waals surface area contributed by atoms with E-state index >= 15 is 0 Å². The van der Waals surface area contributed by atoms with E-state index in [-0.39, 0.29) is 0 Å². The van der Waals surface area contributed by atoms with Gasteiger partial charge in [0.25, 0.3) is 0 Å². The molecule has 1 atom stereocenters. The Morgan fingerprint density at radius 1 is 1.14 bits per heavy atom. The summed E-state index contributed by atoms with van der Waals surface area (Å²) >= 11 is 0. The molecule has 0 amide bonds. The zero-order chi connectivity index (χ0) is 15.1. The van der Waals surface area contributed by atoms with Crippen LogP contribution in [-0.4, -0.2) is 6.54 Å². The maximum atomic E-state index is 5.93. The fourth-order valence-electron chi connectivity index (χ4n) is 2.21. The third-order valence-corrected chi connectivity index (χ3v) is 3.63. The van der Waals surface area contributed by atoms with Crippen molar-refractivity contribution >= 4 is 0 Å². The van der Waals surface area contributed by atoms with Crippen molar-refractivity contribution in [3.63, 3.8) is 0 Å². The van der Waals surface area contributed by atoms with Crippen LogP contribution in [0.2, 0.25) is 0 Å². The number of rotatable bonds is 7. The third kappa shape index (κ3) is 4.20. The van der Waals surface area contributed by atoms with E-state index in [1.54, 1.807) is 0 Å². The van der Waals surface area contributed by atoms with Crippen LogP contribution in [0.3, 0.4) is 0 Å². The van der Waals surface area contributed by atoms with Crippen molar-refractivity contribution in [2.45, 2.75) is 25.9 Å². The maximum absolute atomic E-state index is 5.93. The summed E-state index contributed by atoms with van der Waals surface area (Å²) in [7, 11) is 0. The normalized spacial score (nSPS) is 11.9. The number of hydrogen-bond acceptors (Lipinski definition) is 2. The molecule has 2 nitrogen and oxygen atoms in total. The van der Waals surface area contributed by atoms with E-state index in [2.05, 4.69) is 43.8 Å². The van der Waals surface area contributed by atoms with Gasteiger partial charge in [-0.3, -0.25) is 0 Å². The summed E-state index contributed by atoms with van der Waals surface area (Å²) in [6.45, 7) is 7.17. The highest BCUT2D eigenvalue weighted by atomic mass is 16.5. The largest absolute Gasteiger partial charge is 0.489 e. The van der Waals surface area contributed by atoms with E-state index in [4.69, 9.17) is 10.5 Å². The lowest BCUT2D eigenvalue weighted by atomic mass is 10.0. The Hall–Kier alpha value is -2.06. The van der Waals surface area contributed by atoms with E-state index in [0.717, 1.165) is 17.7 Å². The second kappa shape index (κ2) is 7.65. The van der Waals surface area contributed by atoms with Crippen LogP contribution in [0.25, 0.3) is 0 Å². The molecule has 0 saturated carbocycles. The quantitative estimate of drug-likeness (QED) is 0.777. The van der Waals surface area contributed by atoms with Gasteiger partial charge in [0.1, 0.15) is 12.4 Å². The summed E-state index contributed by atoms with van der Waals surface area (Å²) in [6, 6.07) is 16.6. The molecule has 1 unspecified atom stereocenters. The van der Waals surface area contributed by atoms with Crippen LogP contribution in [0, 0.1) is 0 Å². The summed E-state index contributed by atoms with van der Waals surface area (Å²) in [5.41, 5.74) is 9.29. The van der Waals surface area contributed by atoms with Gasteiger partial charge < -0.3 is 10.5 Å². The van der Waals surface area contributed by atoms with Crippen molar-refractivity contribution in [1.29, 1.82) is 0 Å². The number of hydrogen-bond donors (Lipinski definition) is 1. The first kappa shape index (κ1) is 15.3. The fraction of sp³-hybridized carbons (Fsp3) is 0.263. The Morgan fingerprint density at radius 3 is 2.52 bits per heavy atom. The average molecular weight is 281 g/mol. The number of nitrogens with two attached hydrogens (primary N) is 1. The van der Waals surface area contributed by atoms with Crippen molar-refractivity contribution in [3.8, 4) is 5.75 Å². The summed E-state index contributed by atoms with van der Waals surface area (Å²) < 4.78 is 5.93. The van der Waals surface area contributed by atoms with Gasteiger partial charge in [-0.05, 0) is 41.6 Å². The van der Waals surface area contributed by atoms with E-state index in [1.165, 1.54) is 11.1 Å². The molecule has 0 fully saturated rings. The fourth-order valence-corrected chi connectivity index (χ4v) is 2.21. The van der Waals surface area contributed by atoms with Crippen molar-refractivity contribution in [1.82, 2.24) is 0 Å². The van der Waals surface area contributed by atoms with E-state index in [1.807, 2.05) is 24.3 Å². The monoisotopic (exact) mass is 281 g/mol. The van der Waals surface area contributed by atoms with Gasteiger partial charge in [-0.1, -0.05) is 55.5 Å². The molecule has 2 aromatic carbocycles. The Kier molecular flexibility index (Phi) is 5.59. The maximum Gasteiger partial charge on any atom is 0.123 e. The second-order valence-electron chi connectivity index (χ2n) is 5.27. The van der Waals surface area contributed by atoms with Crippen LogP contribution < -0.4 is 10.5 Å². The molecule has 2 heteroatoms. The van der Waals surface area contributed by atoms with Gasteiger partial charge in [-0.15, -0.1) is 6.58 Å². The summed E-state index contributed by atoms with van der Waals surface area (Å²) in [5.74, 6) is 1.32. The number of para-hydroxylation sites is 1. The van der Waals surface area contributed by atoms with Crippen molar-refractivity contribution in [2.75, 3.05) is 6.54 Å². The lowest BCUT2D eigenvalue weighted by Crippen LogP contribution is -2.08. The molecule has 110 valence electrons. The van der Waals surface area contributed by atoms with Gasteiger partial charge in [-0.2, -0.15) is 0 Å². The average Bonchev–Trinajstić information content (AvgIpc) is 2.54. The van der Waals surface area contributed by atoms with Gasteiger partial charge in [0.15, 0.2) is 0 Å². The molecular formula is C19H23NO. The van der Waals surface area contributed by atoms with Gasteiger partial charge in [0.2, 0.25) is 0 Å². The van der Waals surface area contributed by atoms with Crippen LogP contribution in [0.1, 0.15) is 29.5 Å². The lowest BCUT2D eigenvalue weighted by Gasteiger charge is -2.12. The number of allylic oxidation sites excluding steroid dienone is 1. The first-order valence-electron chi connectivity index (χ1n) is 7.35. The van der Waals surface area contributed by atoms with Gasteiger partial charge in [0.05, 0.1) is 0 Å².